The quantitative estimate of drug-likeness (QED) is 0.351. The van der Waals surface area contributed by atoms with E-state index >= 15 is 0 Å². The van der Waals surface area contributed by atoms with Crippen molar-refractivity contribution < 1.29 is 4.37 Å². The summed E-state index contributed by atoms with van der Waals surface area (Å²) in [5, 5.41) is 0. The monoisotopic (exact) mass is 132 g/mol. The minimum Gasteiger partial charge on any atom is -0.429 e. The summed E-state index contributed by atoms with van der Waals surface area (Å²) in [5.41, 5.74) is 0. The van der Waals surface area contributed by atoms with E-state index in [9.17, 15) is 0 Å². The van der Waals surface area contributed by atoms with Crippen molar-refractivity contribution >= 4 is 6.15 Å². The van der Waals surface area contributed by atoms with Crippen LogP contribution in [-0.2, 0) is 4.37 Å². The normalized spacial score (nSPS) is 10.7. The van der Waals surface area contributed by atoms with Crippen LogP contribution in [0.25, 0.3) is 0 Å². The minimum atomic E-state index is 0. The molecular formula is C7H21BO. The van der Waals surface area contributed by atoms with Gasteiger partial charge < -0.3 is 4.37 Å². The molecule has 0 atom stereocenters. The second kappa shape index (κ2) is 4.86. The van der Waals surface area contributed by atoms with Crippen LogP contribution < -0.4 is 0 Å². The van der Waals surface area contributed by atoms with Crippen LogP contribution in [-0.4, -0.2) is 27.5 Å². The molecule has 0 saturated heterocycles. The Bertz CT molecular complexity index is 45.7. The molecule has 1 nitrogen and oxygen atoms in total. The van der Waals surface area contributed by atoms with Crippen LogP contribution in [0.2, 0.25) is 27.3 Å². The fraction of sp³-hybridized carbons (Fsp3) is 1.00. The average molecular weight is 132 g/mol. The predicted molar refractivity (Wildman–Crippen MR) is 48.1 cm³/mol. The van der Waals surface area contributed by atoms with Crippen molar-refractivity contribution in [2.45, 2.75) is 27.3 Å². The predicted octanol–water partition coefficient (Wildman–Crippen LogP) is 2.38. The van der Waals surface area contributed by atoms with Gasteiger partial charge in [0.15, 0.2) is 0 Å². The molecule has 0 aliphatic carbocycles. The van der Waals surface area contributed by atoms with Gasteiger partial charge in [-0.25, -0.2) is 0 Å². The fourth-order valence-corrected chi connectivity index (χ4v) is 0. The third-order valence-corrected chi connectivity index (χ3v) is 0. The van der Waals surface area contributed by atoms with E-state index in [-0.39, 0.29) is 6.15 Å². The molecule has 0 aliphatic heterocycles. The van der Waals surface area contributed by atoms with Gasteiger partial charge in [-0.2, -0.15) is 27.3 Å². The molecule has 0 heterocycles. The SMILES string of the molecule is C[B-](C)(C)C.C[O+](C)C. The number of hydrogen-bond donors (Lipinski definition) is 0. The van der Waals surface area contributed by atoms with Crippen molar-refractivity contribution in [1.29, 1.82) is 0 Å². The molecule has 0 radical (unpaired) electrons. The zero-order valence-corrected chi connectivity index (χ0v) is 7.99. The van der Waals surface area contributed by atoms with Gasteiger partial charge in [0.05, 0.1) is 0 Å². The second-order valence-electron chi connectivity index (χ2n) is 4.69. The first-order valence-corrected chi connectivity index (χ1v) is 3.53. The molecule has 0 aromatic carbocycles. The highest BCUT2D eigenvalue weighted by molar-refractivity contribution is 6.74. The summed E-state index contributed by atoms with van der Waals surface area (Å²) in [6.07, 6.45) is 0. The van der Waals surface area contributed by atoms with E-state index < -0.39 is 0 Å². The van der Waals surface area contributed by atoms with E-state index in [1.807, 2.05) is 21.3 Å². The van der Waals surface area contributed by atoms with Gasteiger partial charge in [-0.15, -0.1) is 0 Å². The molecule has 0 bridgehead atoms. The Hall–Kier alpha value is 0.0249. The van der Waals surface area contributed by atoms with Crippen LogP contribution in [0, 0.1) is 0 Å². The van der Waals surface area contributed by atoms with Crippen LogP contribution in [0.4, 0.5) is 0 Å². The molecule has 58 valence electrons. The lowest BCUT2D eigenvalue weighted by atomic mass is 9.32. The fourth-order valence-electron chi connectivity index (χ4n) is 0. The van der Waals surface area contributed by atoms with Gasteiger partial charge in [-0.1, -0.05) is 0 Å². The zero-order chi connectivity index (χ0) is 8.08. The maximum absolute atomic E-state index is 2.58. The minimum absolute atomic E-state index is 0. The smallest absolute Gasteiger partial charge is 0.135 e. The molecule has 0 aromatic rings. The molecular weight excluding hydrogens is 111 g/mol. The van der Waals surface area contributed by atoms with E-state index in [2.05, 4.69) is 31.7 Å². The summed E-state index contributed by atoms with van der Waals surface area (Å²) in [6.45, 7) is 9.00. The van der Waals surface area contributed by atoms with Crippen LogP contribution in [0.1, 0.15) is 0 Å². The summed E-state index contributed by atoms with van der Waals surface area (Å²) >= 11 is 0. The van der Waals surface area contributed by atoms with Crippen LogP contribution >= 0.6 is 0 Å². The lowest BCUT2D eigenvalue weighted by Gasteiger charge is -2.10. The summed E-state index contributed by atoms with van der Waals surface area (Å²) in [6, 6.07) is 0. The van der Waals surface area contributed by atoms with E-state index in [0.717, 1.165) is 0 Å². The maximum atomic E-state index is 2.58. The molecule has 0 saturated carbocycles. The molecule has 0 amide bonds. The van der Waals surface area contributed by atoms with Gasteiger partial charge in [-0.3, -0.25) is 0 Å². The Morgan fingerprint density at radius 1 is 0.778 bits per heavy atom. The van der Waals surface area contributed by atoms with Crippen molar-refractivity contribution in [3.8, 4) is 0 Å². The van der Waals surface area contributed by atoms with Crippen molar-refractivity contribution in [3.05, 3.63) is 0 Å². The third-order valence-electron chi connectivity index (χ3n) is 0. The molecule has 0 spiro atoms. The van der Waals surface area contributed by atoms with E-state index in [4.69, 9.17) is 0 Å². The second-order valence-corrected chi connectivity index (χ2v) is 4.69. The van der Waals surface area contributed by atoms with Crippen molar-refractivity contribution in [2.24, 2.45) is 0 Å². The summed E-state index contributed by atoms with van der Waals surface area (Å²) in [5.74, 6) is 0. The molecule has 0 aliphatic rings. The Labute approximate surface area is 60.0 Å². The Morgan fingerprint density at radius 3 is 0.778 bits per heavy atom. The van der Waals surface area contributed by atoms with Gasteiger partial charge in [0.2, 0.25) is 0 Å². The topological polar surface area (TPSA) is 2.70 Å². The van der Waals surface area contributed by atoms with E-state index in [0.29, 0.717) is 0 Å². The van der Waals surface area contributed by atoms with Gasteiger partial charge in [0.25, 0.3) is 0 Å². The van der Waals surface area contributed by atoms with Gasteiger partial charge in [0.1, 0.15) is 21.3 Å². The lowest BCUT2D eigenvalue weighted by molar-refractivity contribution is -0.00282. The Kier molecular flexibility index (Phi) is 6.36. The summed E-state index contributed by atoms with van der Waals surface area (Å²) in [7, 11) is 5.75. The summed E-state index contributed by atoms with van der Waals surface area (Å²) < 4.78 is 2.58. The molecule has 0 N–H and O–H groups in total. The van der Waals surface area contributed by atoms with Crippen molar-refractivity contribution in [1.82, 2.24) is 0 Å². The van der Waals surface area contributed by atoms with Crippen molar-refractivity contribution in [2.75, 3.05) is 21.3 Å². The van der Waals surface area contributed by atoms with Gasteiger partial charge in [-0.05, 0) is 6.15 Å². The van der Waals surface area contributed by atoms with E-state index in [1.54, 1.807) is 0 Å². The van der Waals surface area contributed by atoms with E-state index in [1.165, 1.54) is 0 Å². The molecule has 9 heavy (non-hydrogen) atoms. The highest BCUT2D eigenvalue weighted by Gasteiger charge is 1.90. The first kappa shape index (κ1) is 11.8. The van der Waals surface area contributed by atoms with Crippen LogP contribution in [0.15, 0.2) is 0 Å². The Balaban J connectivity index is 0. The Morgan fingerprint density at radius 2 is 0.778 bits per heavy atom. The first-order valence-electron chi connectivity index (χ1n) is 3.53. The molecule has 0 unspecified atom stereocenters. The zero-order valence-electron chi connectivity index (χ0n) is 7.99. The summed E-state index contributed by atoms with van der Waals surface area (Å²) in [4.78, 5) is 0. The number of rotatable bonds is 0. The van der Waals surface area contributed by atoms with Crippen LogP contribution in [0.5, 0.6) is 0 Å². The lowest BCUT2D eigenvalue weighted by Crippen LogP contribution is -2.10. The largest absolute Gasteiger partial charge is 0.429 e. The third kappa shape index (κ3) is 469000. The van der Waals surface area contributed by atoms with Gasteiger partial charge >= 0.3 is 0 Å². The molecule has 2 heteroatoms. The maximum Gasteiger partial charge on any atom is 0.135 e. The van der Waals surface area contributed by atoms with Gasteiger partial charge in [0, 0.05) is 0 Å². The first-order chi connectivity index (χ1) is 3.73. The van der Waals surface area contributed by atoms with Crippen LogP contribution in [0.3, 0.4) is 0 Å². The molecule has 0 rings (SSSR count). The average Bonchev–Trinajstić information content (AvgIpc) is 1.19. The highest BCUT2D eigenvalue weighted by Crippen LogP contribution is 1.94. The number of hydrogen-bond acceptors (Lipinski definition) is 0. The molecule has 0 fully saturated rings. The highest BCUT2D eigenvalue weighted by atomic mass is 16.6. The van der Waals surface area contributed by atoms with Crippen molar-refractivity contribution in [3.63, 3.8) is 0 Å². The molecule has 0 aromatic heterocycles. The standard InChI is InChI=1S/C4H12B.C3H9O/c1-5(2,3)4;1-4(2)3/h1-4H3;1-3H3/q-1;+1.